The molecule has 0 aromatic carbocycles. The summed E-state index contributed by atoms with van der Waals surface area (Å²) in [5.41, 5.74) is 2.06. The van der Waals surface area contributed by atoms with Crippen LogP contribution in [0.2, 0.25) is 0 Å². The predicted octanol–water partition coefficient (Wildman–Crippen LogP) is 4.38. The summed E-state index contributed by atoms with van der Waals surface area (Å²) in [5.74, 6) is 0.0287. The molecule has 0 fully saturated rings. The highest BCUT2D eigenvalue weighted by molar-refractivity contribution is 9.11. The molecule has 0 bridgehead atoms. The van der Waals surface area contributed by atoms with Gasteiger partial charge in [-0.15, -0.1) is 22.7 Å². The van der Waals surface area contributed by atoms with Gasteiger partial charge < -0.3 is 5.32 Å². The van der Waals surface area contributed by atoms with E-state index in [1.807, 2.05) is 11.4 Å². The molecule has 1 aliphatic carbocycles. The number of fused-ring (bicyclic) bond motifs is 1. The SMILES string of the molecule is O=C(NC1CCCc2sccc21)c1csc(Br)c1. The third kappa shape index (κ3) is 2.39. The highest BCUT2D eigenvalue weighted by atomic mass is 79.9. The maximum atomic E-state index is 12.1. The van der Waals surface area contributed by atoms with E-state index in [4.69, 9.17) is 0 Å². The summed E-state index contributed by atoms with van der Waals surface area (Å²) in [6, 6.07) is 4.21. The highest BCUT2D eigenvalue weighted by Gasteiger charge is 2.23. The Kier molecular flexibility index (Phi) is 3.54. The molecule has 94 valence electrons. The lowest BCUT2D eigenvalue weighted by atomic mass is 9.94. The smallest absolute Gasteiger partial charge is 0.252 e. The van der Waals surface area contributed by atoms with E-state index in [9.17, 15) is 4.79 Å². The molecule has 1 atom stereocenters. The molecule has 2 heterocycles. The van der Waals surface area contributed by atoms with Gasteiger partial charge in [-0.3, -0.25) is 4.79 Å². The maximum Gasteiger partial charge on any atom is 0.252 e. The van der Waals surface area contributed by atoms with Gasteiger partial charge in [0.25, 0.3) is 5.91 Å². The average Bonchev–Trinajstić information content (AvgIpc) is 2.97. The molecule has 5 heteroatoms. The van der Waals surface area contributed by atoms with E-state index < -0.39 is 0 Å². The van der Waals surface area contributed by atoms with E-state index in [-0.39, 0.29) is 11.9 Å². The molecule has 18 heavy (non-hydrogen) atoms. The number of rotatable bonds is 2. The summed E-state index contributed by atoms with van der Waals surface area (Å²) < 4.78 is 0.993. The van der Waals surface area contributed by atoms with Gasteiger partial charge in [0, 0.05) is 10.3 Å². The Morgan fingerprint density at radius 2 is 2.33 bits per heavy atom. The summed E-state index contributed by atoms with van der Waals surface area (Å²) in [4.78, 5) is 13.6. The minimum atomic E-state index is 0.0287. The van der Waals surface area contributed by atoms with Crippen LogP contribution in [-0.2, 0) is 6.42 Å². The van der Waals surface area contributed by atoms with Crippen LogP contribution < -0.4 is 5.32 Å². The summed E-state index contributed by atoms with van der Waals surface area (Å²) >= 11 is 6.72. The number of carbonyl (C=O) groups is 1. The zero-order valence-corrected chi connectivity index (χ0v) is 12.8. The molecule has 3 rings (SSSR count). The van der Waals surface area contributed by atoms with Gasteiger partial charge in [-0.25, -0.2) is 0 Å². The Morgan fingerprint density at radius 1 is 1.44 bits per heavy atom. The van der Waals surface area contributed by atoms with Crippen molar-refractivity contribution in [1.29, 1.82) is 0 Å². The minimum absolute atomic E-state index is 0.0287. The van der Waals surface area contributed by atoms with E-state index in [0.29, 0.717) is 0 Å². The van der Waals surface area contributed by atoms with Crippen LogP contribution in [0.15, 0.2) is 26.7 Å². The van der Waals surface area contributed by atoms with Gasteiger partial charge >= 0.3 is 0 Å². The van der Waals surface area contributed by atoms with Crippen molar-refractivity contribution in [3.05, 3.63) is 42.7 Å². The first-order chi connectivity index (χ1) is 8.74. The third-order valence-electron chi connectivity index (χ3n) is 3.19. The Bertz CT molecular complexity index is 575. The number of hydrogen-bond donors (Lipinski definition) is 1. The van der Waals surface area contributed by atoms with Gasteiger partial charge in [0.1, 0.15) is 0 Å². The number of aryl methyl sites for hydroxylation is 1. The summed E-state index contributed by atoms with van der Waals surface area (Å²) in [6.45, 7) is 0. The molecule has 2 aromatic heterocycles. The van der Waals surface area contributed by atoms with Crippen molar-refractivity contribution in [2.24, 2.45) is 0 Å². The standard InChI is InChI=1S/C13H12BrNOS2/c14-12-6-8(7-18-12)13(16)15-10-2-1-3-11-9(10)4-5-17-11/h4-7,10H,1-3H2,(H,15,16). The van der Waals surface area contributed by atoms with E-state index in [2.05, 4.69) is 32.7 Å². The van der Waals surface area contributed by atoms with Crippen LogP contribution in [0.3, 0.4) is 0 Å². The van der Waals surface area contributed by atoms with Crippen molar-refractivity contribution in [1.82, 2.24) is 5.32 Å². The first kappa shape index (κ1) is 12.4. The molecule has 2 nitrogen and oxygen atoms in total. The molecule has 0 saturated carbocycles. The predicted molar refractivity (Wildman–Crippen MR) is 79.5 cm³/mol. The molecule has 1 N–H and O–H groups in total. The quantitative estimate of drug-likeness (QED) is 0.862. The van der Waals surface area contributed by atoms with Crippen LogP contribution in [0.4, 0.5) is 0 Å². The van der Waals surface area contributed by atoms with Crippen molar-refractivity contribution in [3.63, 3.8) is 0 Å². The zero-order chi connectivity index (χ0) is 12.5. The van der Waals surface area contributed by atoms with Crippen LogP contribution in [0.1, 0.15) is 39.7 Å². The summed E-state index contributed by atoms with van der Waals surface area (Å²) in [6.07, 6.45) is 3.36. The lowest BCUT2D eigenvalue weighted by Gasteiger charge is -2.23. The van der Waals surface area contributed by atoms with Crippen LogP contribution in [0.5, 0.6) is 0 Å². The van der Waals surface area contributed by atoms with E-state index in [1.54, 1.807) is 11.3 Å². The van der Waals surface area contributed by atoms with Crippen LogP contribution in [0, 0.1) is 0 Å². The van der Waals surface area contributed by atoms with Gasteiger partial charge in [0.15, 0.2) is 0 Å². The topological polar surface area (TPSA) is 29.1 Å². The second-order valence-electron chi connectivity index (χ2n) is 4.36. The average molecular weight is 342 g/mol. The maximum absolute atomic E-state index is 12.1. The Morgan fingerprint density at radius 3 is 3.11 bits per heavy atom. The molecule has 1 amide bonds. The van der Waals surface area contributed by atoms with Crippen molar-refractivity contribution in [3.8, 4) is 0 Å². The largest absolute Gasteiger partial charge is 0.345 e. The summed E-state index contributed by atoms with van der Waals surface area (Å²) in [7, 11) is 0. The van der Waals surface area contributed by atoms with Gasteiger partial charge in [-0.05, 0) is 58.3 Å². The van der Waals surface area contributed by atoms with Crippen LogP contribution >= 0.6 is 38.6 Å². The fraction of sp³-hybridized carbons (Fsp3) is 0.308. The lowest BCUT2D eigenvalue weighted by molar-refractivity contribution is 0.0933. The number of amides is 1. The highest BCUT2D eigenvalue weighted by Crippen LogP contribution is 2.33. The molecular formula is C13H12BrNOS2. The summed E-state index contributed by atoms with van der Waals surface area (Å²) in [5, 5.41) is 7.15. The second kappa shape index (κ2) is 5.15. The fourth-order valence-corrected chi connectivity index (χ4v) is 4.43. The Labute approximate surface area is 122 Å². The molecular weight excluding hydrogens is 330 g/mol. The molecule has 1 unspecified atom stereocenters. The minimum Gasteiger partial charge on any atom is -0.345 e. The third-order valence-corrected chi connectivity index (χ3v) is 5.69. The number of halogens is 1. The molecule has 2 aromatic rings. The van der Waals surface area contributed by atoms with Gasteiger partial charge in [0.2, 0.25) is 0 Å². The van der Waals surface area contributed by atoms with Crippen molar-refractivity contribution < 1.29 is 4.79 Å². The molecule has 0 spiro atoms. The fourth-order valence-electron chi connectivity index (χ4n) is 2.31. The van der Waals surface area contributed by atoms with Gasteiger partial charge in [0.05, 0.1) is 15.4 Å². The number of nitrogens with one attached hydrogen (secondary N) is 1. The molecule has 1 aliphatic rings. The monoisotopic (exact) mass is 341 g/mol. The normalized spacial score (nSPS) is 18.4. The van der Waals surface area contributed by atoms with Crippen molar-refractivity contribution >= 4 is 44.5 Å². The Hall–Kier alpha value is -0.650. The number of thiophene rings is 2. The Balaban J connectivity index is 1.77. The number of hydrogen-bond acceptors (Lipinski definition) is 3. The zero-order valence-electron chi connectivity index (χ0n) is 9.61. The van der Waals surface area contributed by atoms with Crippen molar-refractivity contribution in [2.45, 2.75) is 25.3 Å². The second-order valence-corrected chi connectivity index (χ2v) is 7.65. The van der Waals surface area contributed by atoms with Gasteiger partial charge in [-0.1, -0.05) is 0 Å². The van der Waals surface area contributed by atoms with E-state index in [1.165, 1.54) is 21.8 Å². The number of carbonyl (C=O) groups excluding carboxylic acids is 1. The van der Waals surface area contributed by atoms with E-state index in [0.717, 1.165) is 28.6 Å². The molecule has 0 saturated heterocycles. The molecule has 0 radical (unpaired) electrons. The van der Waals surface area contributed by atoms with Crippen LogP contribution in [0.25, 0.3) is 0 Å². The van der Waals surface area contributed by atoms with E-state index >= 15 is 0 Å². The first-order valence-corrected chi connectivity index (χ1v) is 8.40. The van der Waals surface area contributed by atoms with Crippen molar-refractivity contribution in [2.75, 3.05) is 0 Å². The molecule has 0 aliphatic heterocycles. The van der Waals surface area contributed by atoms with Crippen LogP contribution in [-0.4, -0.2) is 5.91 Å². The van der Waals surface area contributed by atoms with Gasteiger partial charge in [-0.2, -0.15) is 0 Å². The first-order valence-electron chi connectivity index (χ1n) is 5.85. The lowest BCUT2D eigenvalue weighted by Crippen LogP contribution is -2.30.